The first-order valence-corrected chi connectivity index (χ1v) is 7.24. The van der Waals surface area contributed by atoms with E-state index < -0.39 is 17.8 Å². The smallest absolute Gasteiger partial charge is 0.329 e. The van der Waals surface area contributed by atoms with Crippen molar-refractivity contribution in [1.82, 2.24) is 15.3 Å². The molecule has 1 aliphatic heterocycles. The molecular weight excluding hydrogens is 310 g/mol. The molecule has 2 aromatic carbocycles. The molecule has 0 fully saturated rings. The molecule has 0 bridgehead atoms. The number of benzene rings is 2. The molecular formula is C17H11N3O4. The maximum atomic E-state index is 12.2. The van der Waals surface area contributed by atoms with Crippen LogP contribution in [0, 0.1) is 0 Å². The molecule has 7 nitrogen and oxygen atoms in total. The highest BCUT2D eigenvalue weighted by Crippen LogP contribution is 2.23. The molecule has 0 aliphatic carbocycles. The van der Waals surface area contributed by atoms with Crippen molar-refractivity contribution in [2.45, 2.75) is 6.42 Å². The van der Waals surface area contributed by atoms with Crippen molar-refractivity contribution >= 4 is 28.7 Å². The quantitative estimate of drug-likeness (QED) is 0.743. The normalized spacial score (nSPS) is 13.4. The Labute approximate surface area is 135 Å². The second kappa shape index (κ2) is 5.31. The van der Waals surface area contributed by atoms with Gasteiger partial charge in [-0.15, -0.1) is 0 Å². The molecule has 118 valence electrons. The van der Waals surface area contributed by atoms with E-state index in [4.69, 9.17) is 4.84 Å². The number of carbonyl (C=O) groups excluding carboxylic acids is 3. The monoisotopic (exact) mass is 321 g/mol. The van der Waals surface area contributed by atoms with Crippen LogP contribution < -0.4 is 0 Å². The summed E-state index contributed by atoms with van der Waals surface area (Å²) in [7, 11) is 0. The zero-order valence-electron chi connectivity index (χ0n) is 12.4. The largest absolute Gasteiger partial charge is 0.337 e. The van der Waals surface area contributed by atoms with E-state index in [9.17, 15) is 14.4 Å². The lowest BCUT2D eigenvalue weighted by Gasteiger charge is -2.12. The minimum atomic E-state index is -0.688. The minimum absolute atomic E-state index is 0.0610. The lowest BCUT2D eigenvalue weighted by atomic mass is 10.1. The van der Waals surface area contributed by atoms with Crippen LogP contribution in [0.1, 0.15) is 26.3 Å². The van der Waals surface area contributed by atoms with Gasteiger partial charge < -0.3 is 4.84 Å². The topological polar surface area (TPSA) is 92.4 Å². The number of nitrogens with one attached hydrogen (secondary N) is 1. The molecule has 0 spiro atoms. The summed E-state index contributed by atoms with van der Waals surface area (Å²) in [6.07, 6.45) is 1.59. The number of hydrogen-bond acceptors (Lipinski definition) is 5. The number of aromatic amines is 1. The molecule has 2 amide bonds. The molecule has 0 saturated heterocycles. The van der Waals surface area contributed by atoms with Gasteiger partial charge in [0.15, 0.2) is 0 Å². The fourth-order valence-electron chi connectivity index (χ4n) is 2.65. The van der Waals surface area contributed by atoms with Crippen LogP contribution in [0.15, 0.2) is 48.7 Å². The maximum absolute atomic E-state index is 12.2. The van der Waals surface area contributed by atoms with E-state index in [1.54, 1.807) is 36.5 Å². The van der Waals surface area contributed by atoms with Gasteiger partial charge in [0.05, 0.1) is 29.3 Å². The Morgan fingerprint density at radius 3 is 2.50 bits per heavy atom. The van der Waals surface area contributed by atoms with Gasteiger partial charge in [0, 0.05) is 5.39 Å². The fourth-order valence-corrected chi connectivity index (χ4v) is 2.65. The van der Waals surface area contributed by atoms with Crippen molar-refractivity contribution in [3.8, 4) is 0 Å². The van der Waals surface area contributed by atoms with E-state index in [1.807, 2.05) is 0 Å². The summed E-state index contributed by atoms with van der Waals surface area (Å²) in [5.74, 6) is -1.95. The third-order valence-corrected chi connectivity index (χ3v) is 3.80. The van der Waals surface area contributed by atoms with Crippen LogP contribution in [0.2, 0.25) is 0 Å². The average molecular weight is 321 g/mol. The Bertz CT molecular complexity index is 957. The Hall–Kier alpha value is -3.48. The van der Waals surface area contributed by atoms with Gasteiger partial charge in [0.2, 0.25) is 0 Å². The molecule has 7 heteroatoms. The van der Waals surface area contributed by atoms with E-state index in [0.717, 1.165) is 10.9 Å². The first-order chi connectivity index (χ1) is 11.6. The number of carbonyl (C=O) groups is 3. The highest BCUT2D eigenvalue weighted by molar-refractivity contribution is 6.20. The zero-order valence-corrected chi connectivity index (χ0v) is 12.4. The number of hydroxylamine groups is 2. The second-order valence-electron chi connectivity index (χ2n) is 5.38. The highest BCUT2D eigenvalue weighted by atomic mass is 16.7. The standard InChI is InChI=1S/C17H11N3O4/c21-15(8-10-5-6-14-11(7-10)9-18-19-14)24-20-16(22)12-3-1-2-4-13(12)17(20)23/h1-7,9H,8H2,(H,18,19). The van der Waals surface area contributed by atoms with Crippen LogP contribution in [0.3, 0.4) is 0 Å². The van der Waals surface area contributed by atoms with Gasteiger partial charge in [-0.3, -0.25) is 14.7 Å². The van der Waals surface area contributed by atoms with Crippen molar-refractivity contribution in [3.63, 3.8) is 0 Å². The summed E-state index contributed by atoms with van der Waals surface area (Å²) in [6, 6.07) is 11.7. The Balaban J connectivity index is 1.50. The Morgan fingerprint density at radius 1 is 1.08 bits per heavy atom. The SMILES string of the molecule is O=C(Cc1ccc2[nH]ncc2c1)ON1C(=O)c2ccccc2C1=O. The van der Waals surface area contributed by atoms with Crippen LogP contribution in [0.4, 0.5) is 0 Å². The molecule has 0 saturated carbocycles. The van der Waals surface area contributed by atoms with Crippen molar-refractivity contribution in [1.29, 1.82) is 0 Å². The number of rotatable bonds is 3. The second-order valence-corrected chi connectivity index (χ2v) is 5.38. The lowest BCUT2D eigenvalue weighted by Crippen LogP contribution is -2.33. The molecule has 3 aromatic rings. The maximum Gasteiger partial charge on any atom is 0.337 e. The molecule has 1 aromatic heterocycles. The fraction of sp³-hybridized carbons (Fsp3) is 0.0588. The number of nitrogens with zero attached hydrogens (tertiary/aromatic N) is 2. The van der Waals surface area contributed by atoms with Crippen molar-refractivity contribution in [3.05, 3.63) is 65.4 Å². The number of amides is 2. The summed E-state index contributed by atoms with van der Waals surface area (Å²) in [5, 5.41) is 8.10. The first kappa shape index (κ1) is 14.1. The predicted molar refractivity (Wildman–Crippen MR) is 82.8 cm³/mol. The molecule has 0 radical (unpaired) electrons. The highest BCUT2D eigenvalue weighted by Gasteiger charge is 2.38. The zero-order chi connectivity index (χ0) is 16.7. The molecule has 24 heavy (non-hydrogen) atoms. The number of H-pyrrole nitrogens is 1. The van der Waals surface area contributed by atoms with Crippen LogP contribution in [0.5, 0.6) is 0 Å². The summed E-state index contributed by atoms with van der Waals surface area (Å²) in [4.78, 5) is 41.4. The number of imide groups is 1. The predicted octanol–water partition coefficient (Wildman–Crippen LogP) is 1.86. The van der Waals surface area contributed by atoms with Crippen LogP contribution in [-0.2, 0) is 16.1 Å². The van der Waals surface area contributed by atoms with Gasteiger partial charge in [-0.05, 0) is 29.8 Å². The first-order valence-electron chi connectivity index (χ1n) is 7.24. The van der Waals surface area contributed by atoms with E-state index in [1.165, 1.54) is 12.1 Å². The van der Waals surface area contributed by atoms with Gasteiger partial charge in [-0.1, -0.05) is 23.3 Å². The average Bonchev–Trinajstić information content (AvgIpc) is 3.14. The molecule has 1 N–H and O–H groups in total. The lowest BCUT2D eigenvalue weighted by molar-refractivity contribution is -0.167. The number of hydrogen-bond donors (Lipinski definition) is 1. The van der Waals surface area contributed by atoms with Crippen molar-refractivity contribution in [2.24, 2.45) is 0 Å². The van der Waals surface area contributed by atoms with E-state index in [0.29, 0.717) is 10.6 Å². The van der Waals surface area contributed by atoms with Gasteiger partial charge in [-0.25, -0.2) is 4.79 Å². The summed E-state index contributed by atoms with van der Waals surface area (Å²) >= 11 is 0. The minimum Gasteiger partial charge on any atom is -0.329 e. The van der Waals surface area contributed by atoms with Gasteiger partial charge in [0.1, 0.15) is 0 Å². The van der Waals surface area contributed by atoms with Crippen LogP contribution in [-0.4, -0.2) is 33.0 Å². The summed E-state index contributed by atoms with van der Waals surface area (Å²) in [5.41, 5.74) is 2.02. The molecule has 0 unspecified atom stereocenters. The van der Waals surface area contributed by atoms with Crippen LogP contribution >= 0.6 is 0 Å². The Kier molecular flexibility index (Phi) is 3.13. The molecule has 1 aliphatic rings. The summed E-state index contributed by atoms with van der Waals surface area (Å²) in [6.45, 7) is 0. The van der Waals surface area contributed by atoms with E-state index in [-0.39, 0.29) is 17.5 Å². The number of aromatic nitrogens is 2. The summed E-state index contributed by atoms with van der Waals surface area (Å²) < 4.78 is 0. The Morgan fingerprint density at radius 2 is 1.79 bits per heavy atom. The van der Waals surface area contributed by atoms with Gasteiger partial charge in [-0.2, -0.15) is 5.10 Å². The molecule has 4 rings (SSSR count). The van der Waals surface area contributed by atoms with Gasteiger partial charge in [0.25, 0.3) is 11.8 Å². The third kappa shape index (κ3) is 2.23. The van der Waals surface area contributed by atoms with Crippen LogP contribution in [0.25, 0.3) is 10.9 Å². The number of fused-ring (bicyclic) bond motifs is 2. The van der Waals surface area contributed by atoms with E-state index >= 15 is 0 Å². The molecule has 2 heterocycles. The molecule has 0 atom stereocenters. The van der Waals surface area contributed by atoms with Crippen molar-refractivity contribution in [2.75, 3.05) is 0 Å². The third-order valence-electron chi connectivity index (χ3n) is 3.80. The van der Waals surface area contributed by atoms with Gasteiger partial charge >= 0.3 is 5.97 Å². The van der Waals surface area contributed by atoms with Crippen molar-refractivity contribution < 1.29 is 19.2 Å². The van der Waals surface area contributed by atoms with E-state index in [2.05, 4.69) is 10.2 Å².